The van der Waals surface area contributed by atoms with E-state index in [0.717, 1.165) is 18.4 Å². The summed E-state index contributed by atoms with van der Waals surface area (Å²) >= 11 is 0. The Morgan fingerprint density at radius 3 is 2.61 bits per heavy atom. The molecule has 1 saturated heterocycles. The lowest BCUT2D eigenvalue weighted by Gasteiger charge is -2.42. The maximum atomic E-state index is 10.2. The van der Waals surface area contributed by atoms with Crippen LogP contribution >= 0.6 is 0 Å². The van der Waals surface area contributed by atoms with Crippen LogP contribution in [0, 0.1) is 5.92 Å². The van der Waals surface area contributed by atoms with Crippen LogP contribution in [0.3, 0.4) is 0 Å². The molecule has 1 heterocycles. The third kappa shape index (κ3) is 3.25. The van der Waals surface area contributed by atoms with Gasteiger partial charge >= 0.3 is 0 Å². The summed E-state index contributed by atoms with van der Waals surface area (Å²) in [4.78, 5) is 2.59. The molecule has 1 aliphatic heterocycles. The first-order chi connectivity index (χ1) is 8.83. The quantitative estimate of drug-likeness (QED) is 0.800. The lowest BCUT2D eigenvalue weighted by molar-refractivity contribution is 0.000301. The van der Waals surface area contributed by atoms with Crippen LogP contribution in [0.1, 0.15) is 51.4 Å². The van der Waals surface area contributed by atoms with Gasteiger partial charge in [-0.25, -0.2) is 0 Å². The number of aliphatic hydroxyl groups excluding tert-OH is 1. The number of hydrogen-bond acceptors (Lipinski definition) is 3. The Hall–Kier alpha value is -0.120. The van der Waals surface area contributed by atoms with Crippen LogP contribution in [0.2, 0.25) is 0 Å². The van der Waals surface area contributed by atoms with E-state index in [2.05, 4.69) is 10.2 Å². The van der Waals surface area contributed by atoms with E-state index in [0.29, 0.717) is 6.04 Å². The molecule has 2 saturated carbocycles. The summed E-state index contributed by atoms with van der Waals surface area (Å²) in [5.74, 6) is 0.813. The number of nitrogens with one attached hydrogen (secondary N) is 1. The first-order valence-electron chi connectivity index (χ1n) is 7.98. The SMILES string of the molecule is OC1CCCCC1N1CCCC(CNC2CC2)C1. The van der Waals surface area contributed by atoms with Gasteiger partial charge in [0.05, 0.1) is 6.10 Å². The fraction of sp³-hybridized carbons (Fsp3) is 1.00. The van der Waals surface area contributed by atoms with Crippen LogP contribution in [-0.2, 0) is 0 Å². The zero-order chi connectivity index (χ0) is 12.4. The van der Waals surface area contributed by atoms with Gasteiger partial charge in [0.25, 0.3) is 0 Å². The minimum absolute atomic E-state index is 0.0612. The number of piperidine rings is 1. The second-order valence-electron chi connectivity index (χ2n) is 6.60. The first kappa shape index (κ1) is 12.9. The molecule has 0 aromatic carbocycles. The van der Waals surface area contributed by atoms with Crippen molar-refractivity contribution in [3.63, 3.8) is 0 Å². The fourth-order valence-electron chi connectivity index (χ4n) is 3.70. The predicted octanol–water partition coefficient (Wildman–Crippen LogP) is 1.75. The molecule has 0 amide bonds. The van der Waals surface area contributed by atoms with Gasteiger partial charge < -0.3 is 10.4 Å². The van der Waals surface area contributed by atoms with Crippen molar-refractivity contribution in [2.24, 2.45) is 5.92 Å². The van der Waals surface area contributed by atoms with Crippen molar-refractivity contribution in [1.82, 2.24) is 10.2 Å². The summed E-state index contributed by atoms with van der Waals surface area (Å²) in [6, 6.07) is 1.29. The van der Waals surface area contributed by atoms with Gasteiger partial charge in [-0.1, -0.05) is 12.8 Å². The van der Waals surface area contributed by atoms with Crippen molar-refractivity contribution < 1.29 is 5.11 Å². The van der Waals surface area contributed by atoms with Crippen molar-refractivity contribution >= 4 is 0 Å². The summed E-state index contributed by atoms with van der Waals surface area (Å²) in [7, 11) is 0. The molecular weight excluding hydrogens is 224 g/mol. The Kier molecular flexibility index (Phi) is 4.22. The minimum Gasteiger partial charge on any atom is -0.391 e. The van der Waals surface area contributed by atoms with E-state index < -0.39 is 0 Å². The smallest absolute Gasteiger partial charge is 0.0695 e. The molecule has 18 heavy (non-hydrogen) atoms. The standard InChI is InChI=1S/C15H28N2O/c18-15-6-2-1-5-14(15)17-9-3-4-12(11-17)10-16-13-7-8-13/h12-16,18H,1-11H2. The minimum atomic E-state index is -0.0612. The topological polar surface area (TPSA) is 35.5 Å². The number of rotatable bonds is 4. The van der Waals surface area contributed by atoms with Gasteiger partial charge in [-0.2, -0.15) is 0 Å². The Morgan fingerprint density at radius 2 is 1.83 bits per heavy atom. The van der Waals surface area contributed by atoms with Gasteiger partial charge in [-0.3, -0.25) is 4.90 Å². The fourth-order valence-corrected chi connectivity index (χ4v) is 3.70. The number of nitrogens with zero attached hydrogens (tertiary/aromatic N) is 1. The van der Waals surface area contributed by atoms with Gasteiger partial charge in [0, 0.05) is 18.6 Å². The summed E-state index contributed by atoms with van der Waals surface area (Å²) in [5.41, 5.74) is 0. The molecule has 3 rings (SSSR count). The molecular formula is C15H28N2O. The van der Waals surface area contributed by atoms with E-state index in [9.17, 15) is 5.11 Å². The van der Waals surface area contributed by atoms with Gasteiger partial charge in [-0.05, 0) is 57.5 Å². The highest BCUT2D eigenvalue weighted by Crippen LogP contribution is 2.28. The average molecular weight is 252 g/mol. The van der Waals surface area contributed by atoms with Crippen molar-refractivity contribution in [3.8, 4) is 0 Å². The molecule has 2 N–H and O–H groups in total. The molecule has 3 aliphatic rings. The summed E-state index contributed by atoms with van der Waals surface area (Å²) in [5, 5.41) is 13.9. The molecule has 104 valence electrons. The number of hydrogen-bond donors (Lipinski definition) is 2. The van der Waals surface area contributed by atoms with Crippen LogP contribution < -0.4 is 5.32 Å². The average Bonchev–Trinajstić information content (AvgIpc) is 3.21. The number of likely N-dealkylation sites (tertiary alicyclic amines) is 1. The van der Waals surface area contributed by atoms with Crippen molar-refractivity contribution in [1.29, 1.82) is 0 Å². The summed E-state index contributed by atoms with van der Waals surface area (Å²) in [6.45, 7) is 3.62. The molecule has 3 fully saturated rings. The molecule has 0 aromatic rings. The Morgan fingerprint density at radius 1 is 1.00 bits per heavy atom. The molecule has 3 atom stereocenters. The lowest BCUT2D eigenvalue weighted by Crippen LogP contribution is -2.50. The second kappa shape index (κ2) is 5.89. The van der Waals surface area contributed by atoms with Crippen LogP contribution in [0.15, 0.2) is 0 Å². The van der Waals surface area contributed by atoms with Gasteiger partial charge in [0.15, 0.2) is 0 Å². The predicted molar refractivity (Wildman–Crippen MR) is 73.6 cm³/mol. The monoisotopic (exact) mass is 252 g/mol. The maximum Gasteiger partial charge on any atom is 0.0695 e. The molecule has 0 aromatic heterocycles. The molecule has 3 heteroatoms. The Balaban J connectivity index is 1.48. The van der Waals surface area contributed by atoms with Crippen LogP contribution in [-0.4, -0.2) is 47.8 Å². The third-order valence-electron chi connectivity index (χ3n) is 4.99. The van der Waals surface area contributed by atoms with Crippen molar-refractivity contribution in [3.05, 3.63) is 0 Å². The zero-order valence-corrected chi connectivity index (χ0v) is 11.5. The van der Waals surface area contributed by atoms with E-state index in [1.165, 1.54) is 64.6 Å². The van der Waals surface area contributed by atoms with E-state index in [1.807, 2.05) is 0 Å². The lowest BCUT2D eigenvalue weighted by atomic mass is 9.88. The van der Waals surface area contributed by atoms with E-state index >= 15 is 0 Å². The normalized spacial score (nSPS) is 38.8. The molecule has 0 radical (unpaired) electrons. The zero-order valence-electron chi connectivity index (χ0n) is 11.5. The summed E-state index contributed by atoms with van der Waals surface area (Å²) in [6.07, 6.45) is 10.2. The van der Waals surface area contributed by atoms with E-state index in [1.54, 1.807) is 0 Å². The van der Waals surface area contributed by atoms with Crippen molar-refractivity contribution in [2.45, 2.75) is 69.6 Å². The van der Waals surface area contributed by atoms with Crippen molar-refractivity contribution in [2.75, 3.05) is 19.6 Å². The van der Waals surface area contributed by atoms with Gasteiger partial charge in [-0.15, -0.1) is 0 Å². The largest absolute Gasteiger partial charge is 0.391 e. The molecule has 2 aliphatic carbocycles. The van der Waals surface area contributed by atoms with E-state index in [4.69, 9.17) is 0 Å². The van der Waals surface area contributed by atoms with Crippen LogP contribution in [0.5, 0.6) is 0 Å². The first-order valence-corrected chi connectivity index (χ1v) is 7.98. The highest BCUT2D eigenvalue weighted by Gasteiger charge is 2.32. The van der Waals surface area contributed by atoms with Crippen LogP contribution in [0.4, 0.5) is 0 Å². The van der Waals surface area contributed by atoms with Gasteiger partial charge in [0.2, 0.25) is 0 Å². The highest BCUT2D eigenvalue weighted by atomic mass is 16.3. The Bertz CT molecular complexity index is 267. The molecule has 3 nitrogen and oxygen atoms in total. The highest BCUT2D eigenvalue weighted by molar-refractivity contribution is 4.88. The molecule has 3 unspecified atom stereocenters. The number of aliphatic hydroxyl groups is 1. The molecule has 0 spiro atoms. The second-order valence-corrected chi connectivity index (χ2v) is 6.60. The van der Waals surface area contributed by atoms with Crippen LogP contribution in [0.25, 0.3) is 0 Å². The van der Waals surface area contributed by atoms with Gasteiger partial charge in [0.1, 0.15) is 0 Å². The Labute approximate surface area is 111 Å². The molecule has 0 bridgehead atoms. The maximum absolute atomic E-state index is 10.2. The third-order valence-corrected chi connectivity index (χ3v) is 4.99. The summed E-state index contributed by atoms with van der Waals surface area (Å²) < 4.78 is 0. The van der Waals surface area contributed by atoms with E-state index in [-0.39, 0.29) is 6.10 Å².